The molecule has 1 aliphatic heterocycles. The third kappa shape index (κ3) is 5.58. The van der Waals surface area contributed by atoms with E-state index in [2.05, 4.69) is 20.9 Å². The number of anilines is 1. The molecule has 30 heavy (non-hydrogen) atoms. The smallest absolute Gasteiger partial charge is 0.276 e. The van der Waals surface area contributed by atoms with Crippen molar-refractivity contribution < 1.29 is 9.59 Å². The van der Waals surface area contributed by atoms with Crippen LogP contribution in [0.2, 0.25) is 0 Å². The van der Waals surface area contributed by atoms with Crippen molar-refractivity contribution in [2.75, 3.05) is 31.5 Å². The maximum atomic E-state index is 13.1. The fraction of sp³-hybridized carbons (Fsp3) is 0.524. The molecule has 2 heterocycles. The van der Waals surface area contributed by atoms with Gasteiger partial charge in [-0.2, -0.15) is 0 Å². The van der Waals surface area contributed by atoms with E-state index < -0.39 is 0 Å². The van der Waals surface area contributed by atoms with E-state index in [0.29, 0.717) is 12.2 Å². The van der Waals surface area contributed by atoms with E-state index in [1.165, 1.54) is 0 Å². The van der Waals surface area contributed by atoms with Gasteiger partial charge in [0.1, 0.15) is 6.54 Å². The van der Waals surface area contributed by atoms with Crippen LogP contribution in [0.4, 0.5) is 5.69 Å². The van der Waals surface area contributed by atoms with Crippen molar-refractivity contribution in [1.29, 1.82) is 0 Å². The van der Waals surface area contributed by atoms with Gasteiger partial charge in [0.2, 0.25) is 5.91 Å². The van der Waals surface area contributed by atoms with Crippen molar-refractivity contribution >= 4 is 29.9 Å². The number of piperidine rings is 1. The maximum absolute atomic E-state index is 13.1. The Balaban J connectivity index is 0.00000320. The van der Waals surface area contributed by atoms with Crippen LogP contribution in [-0.4, -0.2) is 57.9 Å². The summed E-state index contributed by atoms with van der Waals surface area (Å²) in [5, 5.41) is 14.7. The van der Waals surface area contributed by atoms with Crippen molar-refractivity contribution in [2.24, 2.45) is 0 Å². The van der Waals surface area contributed by atoms with Gasteiger partial charge in [-0.25, -0.2) is 4.68 Å². The molecule has 0 saturated carbocycles. The molecule has 1 aromatic heterocycles. The van der Waals surface area contributed by atoms with Gasteiger partial charge in [0.15, 0.2) is 5.69 Å². The highest BCUT2D eigenvalue weighted by Crippen LogP contribution is 2.21. The predicted molar refractivity (Wildman–Crippen MR) is 119 cm³/mol. The molecule has 8 nitrogen and oxygen atoms in total. The molecule has 2 N–H and O–H groups in total. The van der Waals surface area contributed by atoms with Crippen molar-refractivity contribution in [1.82, 2.24) is 25.2 Å². The summed E-state index contributed by atoms with van der Waals surface area (Å²) in [5.74, 6) is -0.464. The minimum Gasteiger partial charge on any atom is -0.328 e. The first kappa shape index (κ1) is 23.8. The fourth-order valence-corrected chi connectivity index (χ4v) is 3.68. The van der Waals surface area contributed by atoms with Gasteiger partial charge in [0.25, 0.3) is 5.91 Å². The third-order valence-corrected chi connectivity index (χ3v) is 5.32. The van der Waals surface area contributed by atoms with Crippen LogP contribution < -0.4 is 10.6 Å². The number of carbonyl (C=O) groups is 2. The van der Waals surface area contributed by atoms with E-state index in [1.54, 1.807) is 4.90 Å². The van der Waals surface area contributed by atoms with Gasteiger partial charge in [-0.05, 0) is 57.8 Å². The van der Waals surface area contributed by atoms with E-state index in [0.717, 1.165) is 49.3 Å². The zero-order valence-corrected chi connectivity index (χ0v) is 18.7. The van der Waals surface area contributed by atoms with Gasteiger partial charge in [-0.15, -0.1) is 17.5 Å². The van der Waals surface area contributed by atoms with Gasteiger partial charge >= 0.3 is 0 Å². The van der Waals surface area contributed by atoms with E-state index in [-0.39, 0.29) is 36.8 Å². The first-order valence-electron chi connectivity index (χ1n) is 10.3. The van der Waals surface area contributed by atoms with Crippen LogP contribution in [-0.2, 0) is 4.79 Å². The normalized spacial score (nSPS) is 14.1. The highest BCUT2D eigenvalue weighted by Gasteiger charge is 2.26. The number of hydrogen-bond donors (Lipinski definition) is 2. The molecule has 0 atom stereocenters. The molecule has 0 unspecified atom stereocenters. The minimum absolute atomic E-state index is 0. The van der Waals surface area contributed by atoms with E-state index in [1.807, 2.05) is 49.7 Å². The summed E-state index contributed by atoms with van der Waals surface area (Å²) < 4.78 is 1.87. The number of nitrogens with zero attached hydrogens (tertiary/aromatic N) is 4. The molecule has 3 rings (SSSR count). The third-order valence-electron chi connectivity index (χ3n) is 5.32. The predicted octanol–water partition coefficient (Wildman–Crippen LogP) is 2.73. The molecule has 1 aromatic carbocycles. The second kappa shape index (κ2) is 11.1. The topological polar surface area (TPSA) is 92.2 Å². The Morgan fingerprint density at radius 2 is 1.93 bits per heavy atom. The molecule has 9 heteroatoms. The Kier molecular flexibility index (Phi) is 8.80. The van der Waals surface area contributed by atoms with Gasteiger partial charge < -0.3 is 15.5 Å². The van der Waals surface area contributed by atoms with Crippen LogP contribution in [0, 0.1) is 13.8 Å². The van der Waals surface area contributed by atoms with Crippen LogP contribution in [0.25, 0.3) is 0 Å². The zero-order chi connectivity index (χ0) is 20.8. The summed E-state index contributed by atoms with van der Waals surface area (Å²) in [6.45, 7) is 8.15. The summed E-state index contributed by atoms with van der Waals surface area (Å²) >= 11 is 0. The van der Waals surface area contributed by atoms with E-state index in [9.17, 15) is 9.59 Å². The largest absolute Gasteiger partial charge is 0.328 e. The quantitative estimate of drug-likeness (QED) is 0.699. The van der Waals surface area contributed by atoms with Crippen molar-refractivity contribution in [3.63, 3.8) is 0 Å². The first-order valence-corrected chi connectivity index (χ1v) is 10.3. The number of rotatable bonds is 7. The van der Waals surface area contributed by atoms with E-state index in [4.69, 9.17) is 0 Å². The summed E-state index contributed by atoms with van der Waals surface area (Å²) in [5.41, 5.74) is 2.84. The van der Waals surface area contributed by atoms with Crippen LogP contribution in [0.3, 0.4) is 0 Å². The molecule has 1 fully saturated rings. The lowest BCUT2D eigenvalue weighted by atomic mass is 10.1. The summed E-state index contributed by atoms with van der Waals surface area (Å²) in [4.78, 5) is 27.2. The van der Waals surface area contributed by atoms with Crippen LogP contribution in [0.5, 0.6) is 0 Å². The second-order valence-corrected chi connectivity index (χ2v) is 7.54. The van der Waals surface area contributed by atoms with E-state index >= 15 is 0 Å². The number of para-hydroxylation sites is 1. The minimum atomic E-state index is -0.246. The van der Waals surface area contributed by atoms with Gasteiger partial charge in [-0.3, -0.25) is 9.59 Å². The molecule has 0 bridgehead atoms. The van der Waals surface area contributed by atoms with Gasteiger partial charge in [0.05, 0.1) is 11.7 Å². The molecule has 0 radical (unpaired) electrons. The standard InChI is InChI=1S/C21H30N6O2.ClH/c1-4-13-26(14-19(28)23-18-8-6-5-7-15(18)2)21(29)20-16(3)27(25-24-20)17-9-11-22-12-10-17;/h5-8,17,22H,4,9-14H2,1-3H3,(H,23,28);1H. The van der Waals surface area contributed by atoms with Crippen LogP contribution in [0.15, 0.2) is 24.3 Å². The summed E-state index contributed by atoms with van der Waals surface area (Å²) in [7, 11) is 0. The number of aryl methyl sites for hydroxylation is 1. The number of benzene rings is 1. The molecule has 0 spiro atoms. The Morgan fingerprint density at radius 3 is 2.60 bits per heavy atom. The molecule has 0 aliphatic carbocycles. The zero-order valence-electron chi connectivity index (χ0n) is 17.9. The van der Waals surface area contributed by atoms with Crippen molar-refractivity contribution in [2.45, 2.75) is 46.1 Å². The SMILES string of the molecule is CCCN(CC(=O)Nc1ccccc1C)C(=O)c1nnn(C2CCNCC2)c1C.Cl. The summed E-state index contributed by atoms with van der Waals surface area (Å²) in [6, 6.07) is 7.85. The highest BCUT2D eigenvalue weighted by molar-refractivity contribution is 5.99. The number of nitrogens with one attached hydrogen (secondary N) is 2. The maximum Gasteiger partial charge on any atom is 0.276 e. The lowest BCUT2D eigenvalue weighted by Crippen LogP contribution is -2.39. The lowest BCUT2D eigenvalue weighted by molar-refractivity contribution is -0.116. The number of halogens is 1. The number of hydrogen-bond acceptors (Lipinski definition) is 5. The molecular formula is C21H31ClN6O2. The average molecular weight is 435 g/mol. The molecule has 164 valence electrons. The molecule has 1 aliphatic rings. The van der Waals surface area contributed by atoms with Crippen LogP contribution in [0.1, 0.15) is 54.0 Å². The average Bonchev–Trinajstić information content (AvgIpc) is 3.11. The highest BCUT2D eigenvalue weighted by atomic mass is 35.5. The van der Waals surface area contributed by atoms with Crippen LogP contribution >= 0.6 is 12.4 Å². The fourth-order valence-electron chi connectivity index (χ4n) is 3.68. The van der Waals surface area contributed by atoms with Gasteiger partial charge in [-0.1, -0.05) is 30.3 Å². The Hall–Kier alpha value is -2.45. The van der Waals surface area contributed by atoms with Crippen molar-refractivity contribution in [3.8, 4) is 0 Å². The Bertz CT molecular complexity index is 863. The summed E-state index contributed by atoms with van der Waals surface area (Å²) in [6.07, 6.45) is 2.69. The molecule has 2 amide bonds. The number of amides is 2. The Morgan fingerprint density at radius 1 is 1.23 bits per heavy atom. The first-order chi connectivity index (χ1) is 14.0. The molecular weight excluding hydrogens is 404 g/mol. The number of aromatic nitrogens is 3. The monoisotopic (exact) mass is 434 g/mol. The van der Waals surface area contributed by atoms with Crippen molar-refractivity contribution in [3.05, 3.63) is 41.2 Å². The van der Waals surface area contributed by atoms with Gasteiger partial charge in [0, 0.05) is 12.2 Å². The molecule has 2 aromatic rings. The number of carbonyl (C=O) groups excluding carboxylic acids is 2. The lowest BCUT2D eigenvalue weighted by Gasteiger charge is -2.24. The molecule has 1 saturated heterocycles. The Labute approximate surface area is 183 Å². The second-order valence-electron chi connectivity index (χ2n) is 7.54.